The highest BCUT2D eigenvalue weighted by Gasteiger charge is 2.33. The molecule has 1 aliphatic rings. The molecular weight excluding hydrogens is 290 g/mol. The molecule has 110 valence electrons. The maximum Gasteiger partial charge on any atom is 0.243 e. The van der Waals surface area contributed by atoms with Crippen LogP contribution >= 0.6 is 0 Å². The summed E-state index contributed by atoms with van der Waals surface area (Å²) >= 11 is 0. The smallest absolute Gasteiger partial charge is 0.243 e. The predicted octanol–water partition coefficient (Wildman–Crippen LogP) is 1.32. The lowest BCUT2D eigenvalue weighted by molar-refractivity contribution is 0.206. The first kappa shape index (κ1) is 14.0. The van der Waals surface area contributed by atoms with Crippen molar-refractivity contribution >= 4 is 10.0 Å². The maximum atomic E-state index is 12.5. The number of sulfonamides is 1. The third-order valence-electron chi connectivity index (χ3n) is 3.32. The number of hydrogen-bond acceptors (Lipinski definition) is 5. The van der Waals surface area contributed by atoms with Crippen molar-refractivity contribution in [3.8, 4) is 5.88 Å². The van der Waals surface area contributed by atoms with E-state index in [-0.39, 0.29) is 6.10 Å². The van der Waals surface area contributed by atoms with Crippen molar-refractivity contribution in [2.24, 2.45) is 0 Å². The van der Waals surface area contributed by atoms with E-state index in [2.05, 4.69) is 9.97 Å². The molecule has 0 saturated carbocycles. The van der Waals surface area contributed by atoms with Crippen LogP contribution in [-0.2, 0) is 10.0 Å². The highest BCUT2D eigenvalue weighted by molar-refractivity contribution is 7.89. The second-order valence-electron chi connectivity index (χ2n) is 4.75. The van der Waals surface area contributed by atoms with E-state index >= 15 is 0 Å². The molecule has 7 heteroatoms. The molecule has 3 rings (SSSR count). The van der Waals surface area contributed by atoms with Crippen molar-refractivity contribution in [2.45, 2.75) is 17.4 Å². The maximum absolute atomic E-state index is 12.5. The minimum Gasteiger partial charge on any atom is -0.472 e. The summed E-state index contributed by atoms with van der Waals surface area (Å²) in [7, 11) is -3.45. The van der Waals surface area contributed by atoms with Gasteiger partial charge in [-0.15, -0.1) is 0 Å². The van der Waals surface area contributed by atoms with Crippen molar-refractivity contribution in [3.63, 3.8) is 0 Å². The van der Waals surface area contributed by atoms with Gasteiger partial charge in [-0.3, -0.25) is 4.98 Å². The van der Waals surface area contributed by atoms with Crippen LogP contribution < -0.4 is 4.74 Å². The van der Waals surface area contributed by atoms with Crippen molar-refractivity contribution in [3.05, 3.63) is 48.9 Å². The Labute approximate surface area is 123 Å². The van der Waals surface area contributed by atoms with E-state index < -0.39 is 10.0 Å². The molecule has 1 aromatic carbocycles. The Balaban J connectivity index is 1.70. The quantitative estimate of drug-likeness (QED) is 0.852. The average molecular weight is 305 g/mol. The summed E-state index contributed by atoms with van der Waals surface area (Å²) in [5.74, 6) is 0.418. The Morgan fingerprint density at radius 1 is 1.19 bits per heavy atom. The second-order valence-corrected chi connectivity index (χ2v) is 6.69. The number of ether oxygens (including phenoxy) is 1. The Bertz CT molecular complexity index is 692. The van der Waals surface area contributed by atoms with Crippen molar-refractivity contribution in [1.82, 2.24) is 14.3 Å². The third-order valence-corrected chi connectivity index (χ3v) is 5.19. The summed E-state index contributed by atoms with van der Waals surface area (Å²) in [5, 5.41) is 0. The normalized spacial score (nSPS) is 19.5. The summed E-state index contributed by atoms with van der Waals surface area (Å²) in [4.78, 5) is 8.27. The Hall–Kier alpha value is -1.99. The van der Waals surface area contributed by atoms with Gasteiger partial charge in [-0.05, 0) is 18.6 Å². The van der Waals surface area contributed by atoms with E-state index in [9.17, 15) is 8.42 Å². The first-order valence-electron chi connectivity index (χ1n) is 6.64. The first-order chi connectivity index (χ1) is 10.2. The minimum absolute atomic E-state index is 0.194. The van der Waals surface area contributed by atoms with Crippen LogP contribution in [0, 0.1) is 0 Å². The molecule has 2 heterocycles. The summed E-state index contributed by atoms with van der Waals surface area (Å²) < 4.78 is 32.1. The molecule has 1 aliphatic heterocycles. The lowest BCUT2D eigenvalue weighted by Gasteiger charge is -2.16. The van der Waals surface area contributed by atoms with Gasteiger partial charge >= 0.3 is 0 Å². The van der Waals surface area contributed by atoms with Crippen LogP contribution in [0.2, 0.25) is 0 Å². The lowest BCUT2D eigenvalue weighted by atomic mass is 10.3. The Morgan fingerprint density at radius 2 is 2.00 bits per heavy atom. The van der Waals surface area contributed by atoms with E-state index in [4.69, 9.17) is 4.74 Å². The van der Waals surface area contributed by atoms with Crippen LogP contribution in [0.3, 0.4) is 0 Å². The summed E-state index contributed by atoms with van der Waals surface area (Å²) in [6.45, 7) is 0.774. The van der Waals surface area contributed by atoms with Crippen LogP contribution in [-0.4, -0.2) is 41.9 Å². The molecule has 2 aromatic rings. The van der Waals surface area contributed by atoms with Gasteiger partial charge in [0, 0.05) is 18.9 Å². The van der Waals surface area contributed by atoms with Gasteiger partial charge in [0.05, 0.1) is 17.6 Å². The van der Waals surface area contributed by atoms with E-state index in [0.29, 0.717) is 30.3 Å². The zero-order valence-electron chi connectivity index (χ0n) is 11.3. The van der Waals surface area contributed by atoms with Crippen molar-refractivity contribution in [2.75, 3.05) is 13.1 Å². The number of aromatic nitrogens is 2. The van der Waals surface area contributed by atoms with Gasteiger partial charge < -0.3 is 4.74 Å². The molecule has 1 unspecified atom stereocenters. The molecule has 0 radical (unpaired) electrons. The SMILES string of the molecule is O=S(=O)(c1ccccc1)N1CCC(Oc2cnccn2)C1. The number of benzene rings is 1. The lowest BCUT2D eigenvalue weighted by Crippen LogP contribution is -2.31. The van der Waals surface area contributed by atoms with Gasteiger partial charge in [0.1, 0.15) is 6.10 Å². The molecule has 1 fully saturated rings. The van der Waals surface area contributed by atoms with Crippen molar-refractivity contribution < 1.29 is 13.2 Å². The van der Waals surface area contributed by atoms with E-state index in [1.165, 1.54) is 10.5 Å². The highest BCUT2D eigenvalue weighted by atomic mass is 32.2. The van der Waals surface area contributed by atoms with E-state index in [1.54, 1.807) is 42.7 Å². The van der Waals surface area contributed by atoms with Crippen LogP contribution in [0.25, 0.3) is 0 Å². The van der Waals surface area contributed by atoms with E-state index in [1.807, 2.05) is 0 Å². The minimum atomic E-state index is -3.45. The van der Waals surface area contributed by atoms with Crippen LogP contribution in [0.15, 0.2) is 53.8 Å². The largest absolute Gasteiger partial charge is 0.472 e. The van der Waals surface area contributed by atoms with Gasteiger partial charge in [-0.25, -0.2) is 13.4 Å². The monoisotopic (exact) mass is 305 g/mol. The molecule has 0 aliphatic carbocycles. The van der Waals surface area contributed by atoms with Crippen molar-refractivity contribution in [1.29, 1.82) is 0 Å². The van der Waals surface area contributed by atoms with Gasteiger partial charge in [-0.1, -0.05) is 18.2 Å². The standard InChI is InChI=1S/C14H15N3O3S/c18-21(19,13-4-2-1-3-5-13)17-9-6-12(11-17)20-14-10-15-7-8-16-14/h1-5,7-8,10,12H,6,9,11H2. The molecule has 0 spiro atoms. The topological polar surface area (TPSA) is 72.4 Å². The third kappa shape index (κ3) is 3.03. The van der Waals surface area contributed by atoms with Crippen LogP contribution in [0.4, 0.5) is 0 Å². The Morgan fingerprint density at radius 3 is 2.71 bits per heavy atom. The average Bonchev–Trinajstić information content (AvgIpc) is 2.98. The molecule has 0 N–H and O–H groups in total. The molecule has 0 amide bonds. The summed E-state index contributed by atoms with van der Waals surface area (Å²) in [5.41, 5.74) is 0. The zero-order chi connectivity index (χ0) is 14.7. The van der Waals surface area contributed by atoms with Gasteiger partial charge in [0.25, 0.3) is 0 Å². The molecule has 0 bridgehead atoms. The number of rotatable bonds is 4. The highest BCUT2D eigenvalue weighted by Crippen LogP contribution is 2.22. The van der Waals surface area contributed by atoms with Gasteiger partial charge in [-0.2, -0.15) is 4.31 Å². The fraction of sp³-hybridized carbons (Fsp3) is 0.286. The second kappa shape index (κ2) is 5.79. The van der Waals surface area contributed by atoms with Gasteiger partial charge in [0.2, 0.25) is 15.9 Å². The zero-order valence-corrected chi connectivity index (χ0v) is 12.1. The van der Waals surface area contributed by atoms with Crippen LogP contribution in [0.5, 0.6) is 5.88 Å². The summed E-state index contributed by atoms with van der Waals surface area (Å²) in [6, 6.07) is 8.44. The van der Waals surface area contributed by atoms with Crippen LogP contribution in [0.1, 0.15) is 6.42 Å². The fourth-order valence-corrected chi connectivity index (χ4v) is 3.78. The fourth-order valence-electron chi connectivity index (χ4n) is 2.27. The first-order valence-corrected chi connectivity index (χ1v) is 8.08. The molecule has 1 saturated heterocycles. The molecule has 1 aromatic heterocycles. The van der Waals surface area contributed by atoms with Gasteiger partial charge in [0.15, 0.2) is 0 Å². The predicted molar refractivity (Wildman–Crippen MR) is 76.3 cm³/mol. The molecule has 6 nitrogen and oxygen atoms in total. The summed E-state index contributed by atoms with van der Waals surface area (Å²) in [6.07, 6.45) is 5.08. The molecule has 1 atom stereocenters. The molecule has 21 heavy (non-hydrogen) atoms. The molecular formula is C14H15N3O3S. The number of hydrogen-bond donors (Lipinski definition) is 0. The Kier molecular flexibility index (Phi) is 3.85. The number of nitrogens with zero attached hydrogens (tertiary/aromatic N) is 3. The van der Waals surface area contributed by atoms with E-state index in [0.717, 1.165) is 0 Å².